The number of rotatable bonds is 4. The lowest BCUT2D eigenvalue weighted by Crippen LogP contribution is -2.17. The van der Waals surface area contributed by atoms with E-state index < -0.39 is 0 Å². The van der Waals surface area contributed by atoms with Gasteiger partial charge in [0, 0.05) is 24.2 Å². The Kier molecular flexibility index (Phi) is 4.11. The van der Waals surface area contributed by atoms with Crippen molar-refractivity contribution >= 4 is 11.6 Å². The van der Waals surface area contributed by atoms with Gasteiger partial charge in [0.2, 0.25) is 5.76 Å². The van der Waals surface area contributed by atoms with Crippen molar-refractivity contribution in [3.05, 3.63) is 41.3 Å². The quantitative estimate of drug-likeness (QED) is 0.940. The number of amides is 1. The van der Waals surface area contributed by atoms with Crippen LogP contribution in [0, 0.1) is 13.8 Å². The molecule has 0 bridgehead atoms. The van der Waals surface area contributed by atoms with Crippen molar-refractivity contribution in [2.75, 3.05) is 18.5 Å². The summed E-state index contributed by atoms with van der Waals surface area (Å²) in [5, 5.41) is 6.49. The first-order valence-corrected chi connectivity index (χ1v) is 7.21. The van der Waals surface area contributed by atoms with Crippen LogP contribution >= 0.6 is 0 Å². The van der Waals surface area contributed by atoms with Gasteiger partial charge in [0.15, 0.2) is 0 Å². The summed E-state index contributed by atoms with van der Waals surface area (Å²) < 4.78 is 16.2. The van der Waals surface area contributed by atoms with Crippen molar-refractivity contribution in [2.24, 2.45) is 0 Å². The third-order valence-corrected chi connectivity index (χ3v) is 3.48. The lowest BCUT2D eigenvalue weighted by molar-refractivity contribution is 0.0988. The van der Waals surface area contributed by atoms with E-state index in [2.05, 4.69) is 10.5 Å². The van der Waals surface area contributed by atoms with E-state index in [0.717, 1.165) is 24.3 Å². The molecule has 0 spiro atoms. The second kappa shape index (κ2) is 6.19. The molecule has 6 heteroatoms. The highest BCUT2D eigenvalue weighted by Crippen LogP contribution is 2.25. The summed E-state index contributed by atoms with van der Waals surface area (Å²) in [4.78, 5) is 12.1. The maximum atomic E-state index is 12.1. The van der Waals surface area contributed by atoms with Crippen LogP contribution in [-0.2, 0) is 4.74 Å². The van der Waals surface area contributed by atoms with Crippen LogP contribution in [0.5, 0.6) is 5.75 Å². The number of carbonyl (C=O) groups excluding carboxylic acids is 1. The highest BCUT2D eigenvalue weighted by molar-refractivity contribution is 6.02. The molecule has 1 aliphatic heterocycles. The maximum absolute atomic E-state index is 12.1. The van der Waals surface area contributed by atoms with E-state index in [9.17, 15) is 4.79 Å². The van der Waals surface area contributed by atoms with Crippen LogP contribution in [0.2, 0.25) is 0 Å². The number of hydrogen-bond acceptors (Lipinski definition) is 5. The van der Waals surface area contributed by atoms with Gasteiger partial charge in [-0.2, -0.15) is 0 Å². The smallest absolute Gasteiger partial charge is 0.294 e. The molecular weight excluding hydrogens is 284 g/mol. The van der Waals surface area contributed by atoms with E-state index in [1.165, 1.54) is 0 Å². The Hall–Kier alpha value is -2.34. The fourth-order valence-electron chi connectivity index (χ4n) is 2.25. The second-order valence-electron chi connectivity index (χ2n) is 5.37. The number of aromatic nitrogens is 1. The minimum atomic E-state index is -0.334. The zero-order valence-corrected chi connectivity index (χ0v) is 12.6. The van der Waals surface area contributed by atoms with Crippen LogP contribution < -0.4 is 10.1 Å². The third-order valence-electron chi connectivity index (χ3n) is 3.48. The number of benzene rings is 1. The first kappa shape index (κ1) is 14.6. The molecule has 1 aromatic heterocycles. The van der Waals surface area contributed by atoms with Crippen LogP contribution in [0.1, 0.15) is 28.2 Å². The van der Waals surface area contributed by atoms with Crippen molar-refractivity contribution < 1.29 is 18.8 Å². The van der Waals surface area contributed by atoms with Crippen LogP contribution in [0.15, 0.2) is 28.8 Å². The lowest BCUT2D eigenvalue weighted by atomic mass is 10.2. The van der Waals surface area contributed by atoms with Crippen molar-refractivity contribution in [3.63, 3.8) is 0 Å². The molecule has 1 N–H and O–H groups in total. The zero-order chi connectivity index (χ0) is 15.5. The molecule has 0 saturated carbocycles. The molecule has 3 rings (SSSR count). The summed E-state index contributed by atoms with van der Waals surface area (Å²) in [6, 6.07) is 7.15. The van der Waals surface area contributed by atoms with Crippen molar-refractivity contribution in [1.29, 1.82) is 0 Å². The summed E-state index contributed by atoms with van der Waals surface area (Å²) in [6.07, 6.45) is 0.953. The van der Waals surface area contributed by atoms with Gasteiger partial charge in [-0.05, 0) is 25.5 Å². The molecule has 1 amide bonds. The van der Waals surface area contributed by atoms with Gasteiger partial charge >= 0.3 is 0 Å². The topological polar surface area (TPSA) is 73.6 Å². The summed E-state index contributed by atoms with van der Waals surface area (Å²) >= 11 is 0. The first-order valence-electron chi connectivity index (χ1n) is 7.21. The number of carbonyl (C=O) groups is 1. The van der Waals surface area contributed by atoms with Crippen LogP contribution in [0.3, 0.4) is 0 Å². The van der Waals surface area contributed by atoms with Crippen LogP contribution in [0.25, 0.3) is 0 Å². The average Bonchev–Trinajstić information content (AvgIpc) is 3.14. The molecule has 2 aromatic rings. The van der Waals surface area contributed by atoms with Gasteiger partial charge in [0.1, 0.15) is 11.9 Å². The SMILES string of the molecule is Cc1cc(C(=O)Nc2ccc(C)c(O[C@@H]3CCOC3)c2)on1. The molecule has 6 nitrogen and oxygen atoms in total. The normalized spacial score (nSPS) is 17.5. The Morgan fingerprint density at radius 1 is 1.36 bits per heavy atom. The van der Waals surface area contributed by atoms with Gasteiger partial charge in [0.05, 0.1) is 18.9 Å². The monoisotopic (exact) mass is 302 g/mol. The van der Waals surface area contributed by atoms with E-state index in [1.807, 2.05) is 25.1 Å². The second-order valence-corrected chi connectivity index (χ2v) is 5.37. The predicted molar refractivity (Wildman–Crippen MR) is 80.2 cm³/mol. The fraction of sp³-hybridized carbons (Fsp3) is 0.375. The number of hydrogen-bond donors (Lipinski definition) is 1. The largest absolute Gasteiger partial charge is 0.488 e. The zero-order valence-electron chi connectivity index (χ0n) is 12.6. The standard InChI is InChI=1S/C16H18N2O4/c1-10-3-4-12(8-14(10)21-13-5-6-20-9-13)17-16(19)15-7-11(2)18-22-15/h3-4,7-8,13H,5-6,9H2,1-2H3,(H,17,19)/t13-/m1/s1. The molecule has 2 heterocycles. The van der Waals surface area contributed by atoms with Gasteiger partial charge in [-0.15, -0.1) is 0 Å². The summed E-state index contributed by atoms with van der Waals surface area (Å²) in [5.41, 5.74) is 2.33. The van der Waals surface area contributed by atoms with E-state index in [0.29, 0.717) is 18.0 Å². The number of ether oxygens (including phenoxy) is 2. The highest BCUT2D eigenvalue weighted by atomic mass is 16.5. The molecule has 0 radical (unpaired) electrons. The van der Waals surface area contributed by atoms with E-state index in [4.69, 9.17) is 14.0 Å². The maximum Gasteiger partial charge on any atom is 0.294 e. The average molecular weight is 302 g/mol. The highest BCUT2D eigenvalue weighted by Gasteiger charge is 2.18. The van der Waals surface area contributed by atoms with Crippen LogP contribution in [-0.4, -0.2) is 30.4 Å². The van der Waals surface area contributed by atoms with Crippen LogP contribution in [0.4, 0.5) is 5.69 Å². The van der Waals surface area contributed by atoms with Gasteiger partial charge in [-0.1, -0.05) is 11.2 Å². The Balaban J connectivity index is 1.72. The van der Waals surface area contributed by atoms with Gasteiger partial charge in [0.25, 0.3) is 5.91 Å². The number of nitrogens with zero attached hydrogens (tertiary/aromatic N) is 1. The first-order chi connectivity index (χ1) is 10.6. The summed E-state index contributed by atoms with van der Waals surface area (Å²) in [5.74, 6) is 0.603. The molecular formula is C16H18N2O4. The van der Waals surface area contributed by atoms with E-state index in [1.54, 1.807) is 13.0 Å². The number of nitrogens with one attached hydrogen (secondary N) is 1. The molecule has 116 valence electrons. The Bertz CT molecular complexity index is 675. The molecule has 1 aromatic carbocycles. The molecule has 22 heavy (non-hydrogen) atoms. The Morgan fingerprint density at radius 3 is 2.91 bits per heavy atom. The lowest BCUT2D eigenvalue weighted by Gasteiger charge is -2.15. The van der Waals surface area contributed by atoms with Gasteiger partial charge < -0.3 is 19.3 Å². The minimum absolute atomic E-state index is 0.0709. The van der Waals surface area contributed by atoms with E-state index in [-0.39, 0.29) is 17.8 Å². The Morgan fingerprint density at radius 2 is 2.23 bits per heavy atom. The molecule has 1 atom stereocenters. The van der Waals surface area contributed by atoms with Crippen molar-refractivity contribution in [2.45, 2.75) is 26.4 Å². The molecule has 1 aliphatic rings. The molecule has 0 aliphatic carbocycles. The van der Waals surface area contributed by atoms with Crippen molar-refractivity contribution in [3.8, 4) is 5.75 Å². The predicted octanol–water partition coefficient (Wildman–Crippen LogP) is 2.71. The summed E-state index contributed by atoms with van der Waals surface area (Å²) in [7, 11) is 0. The number of anilines is 1. The van der Waals surface area contributed by atoms with Gasteiger partial charge in [-0.25, -0.2) is 0 Å². The summed E-state index contributed by atoms with van der Waals surface area (Å²) in [6.45, 7) is 5.07. The fourth-order valence-corrected chi connectivity index (χ4v) is 2.25. The molecule has 1 fully saturated rings. The third kappa shape index (κ3) is 3.28. The molecule has 0 unspecified atom stereocenters. The van der Waals surface area contributed by atoms with Gasteiger partial charge in [-0.3, -0.25) is 4.79 Å². The van der Waals surface area contributed by atoms with Crippen molar-refractivity contribution in [1.82, 2.24) is 5.16 Å². The number of aryl methyl sites for hydroxylation is 2. The van der Waals surface area contributed by atoms with E-state index >= 15 is 0 Å². The molecule has 1 saturated heterocycles. The minimum Gasteiger partial charge on any atom is -0.488 e. The Labute approximate surface area is 128 Å².